The quantitative estimate of drug-likeness (QED) is 0.508. The van der Waals surface area contributed by atoms with E-state index in [1.165, 1.54) is 71.3 Å². The first-order valence-electron chi connectivity index (χ1n) is 10.4. The third-order valence-corrected chi connectivity index (χ3v) is 8.03. The lowest BCUT2D eigenvalue weighted by Crippen LogP contribution is -2.40. The number of nitrogens with one attached hydrogen (secondary N) is 1. The maximum absolute atomic E-state index is 12.2. The summed E-state index contributed by atoms with van der Waals surface area (Å²) in [5.74, 6) is -1.32. The molecule has 0 amide bonds. The molecule has 0 radical (unpaired) electrons. The number of hydrogen-bond donors (Lipinski definition) is 2. The number of carbonyl (C=O) groups is 1. The van der Waals surface area contributed by atoms with Crippen LogP contribution in [0.2, 0.25) is 0 Å². The summed E-state index contributed by atoms with van der Waals surface area (Å²) in [4.78, 5) is 10.7. The number of benzene rings is 1. The summed E-state index contributed by atoms with van der Waals surface area (Å²) >= 11 is 0. The van der Waals surface area contributed by atoms with Crippen LogP contribution in [-0.4, -0.2) is 30.3 Å². The molecule has 5 nitrogen and oxygen atoms in total. The van der Waals surface area contributed by atoms with Gasteiger partial charge < -0.3 is 14.9 Å². The zero-order valence-electron chi connectivity index (χ0n) is 16.9. The second-order valence-corrected chi connectivity index (χ2v) is 10.2. The molecular formula is C22H34NO4P. The molecule has 2 fully saturated rings. The van der Waals surface area contributed by atoms with Crippen molar-refractivity contribution < 1.29 is 19.0 Å². The lowest BCUT2D eigenvalue weighted by Gasteiger charge is -2.30. The van der Waals surface area contributed by atoms with Crippen LogP contribution in [0.5, 0.6) is 0 Å². The van der Waals surface area contributed by atoms with Crippen molar-refractivity contribution in [1.82, 2.24) is 5.32 Å². The summed E-state index contributed by atoms with van der Waals surface area (Å²) in [6.45, 7) is 3.29. The molecular weight excluding hydrogens is 373 g/mol. The average molecular weight is 407 g/mol. The highest BCUT2D eigenvalue weighted by Gasteiger charge is 2.32. The normalized spacial score (nSPS) is 20.5. The maximum atomic E-state index is 12.2. The van der Waals surface area contributed by atoms with Crippen molar-refractivity contribution in [2.75, 3.05) is 7.11 Å². The molecule has 6 heteroatoms. The minimum absolute atomic E-state index is 0.333. The van der Waals surface area contributed by atoms with Crippen LogP contribution >= 0.6 is 7.37 Å². The van der Waals surface area contributed by atoms with Crippen LogP contribution in [0.1, 0.15) is 64.2 Å². The first-order chi connectivity index (χ1) is 13.5. The topological polar surface area (TPSA) is 75.6 Å². The number of aliphatic carboxylic acids is 1. The van der Waals surface area contributed by atoms with E-state index in [1.807, 2.05) is 0 Å². The molecule has 1 aromatic carbocycles. The lowest BCUT2D eigenvalue weighted by molar-refractivity contribution is -0.131. The zero-order chi connectivity index (χ0) is 20.4. The third-order valence-electron chi connectivity index (χ3n) is 5.64. The van der Waals surface area contributed by atoms with Gasteiger partial charge in [0.25, 0.3) is 7.37 Å². The molecule has 156 valence electrons. The summed E-state index contributed by atoms with van der Waals surface area (Å²) in [6, 6.07) is 9.92. The van der Waals surface area contributed by atoms with E-state index in [-0.39, 0.29) is 0 Å². The summed E-state index contributed by atoms with van der Waals surface area (Å²) in [7, 11) is -2.28. The van der Waals surface area contributed by atoms with Gasteiger partial charge >= 0.3 is 5.97 Å². The van der Waals surface area contributed by atoms with Gasteiger partial charge in [-0.25, -0.2) is 4.79 Å². The predicted octanol–water partition coefficient (Wildman–Crippen LogP) is 5.08. The Morgan fingerprint density at radius 1 is 1.00 bits per heavy atom. The Morgan fingerprint density at radius 3 is 1.86 bits per heavy atom. The minimum Gasteiger partial charge on any atom is -0.477 e. The molecule has 0 spiro atoms. The van der Waals surface area contributed by atoms with Crippen molar-refractivity contribution in [3.8, 4) is 0 Å². The molecule has 28 heavy (non-hydrogen) atoms. The largest absolute Gasteiger partial charge is 0.477 e. The zero-order valence-corrected chi connectivity index (χ0v) is 17.8. The van der Waals surface area contributed by atoms with Gasteiger partial charge in [0.1, 0.15) is 5.31 Å². The molecule has 0 heterocycles. The Hall–Kier alpha value is -1.42. The Kier molecular flexibility index (Phi) is 9.43. The van der Waals surface area contributed by atoms with Crippen LogP contribution < -0.4 is 10.6 Å². The van der Waals surface area contributed by atoms with E-state index in [4.69, 9.17) is 9.63 Å². The van der Waals surface area contributed by atoms with Gasteiger partial charge in [-0.05, 0) is 37.8 Å². The van der Waals surface area contributed by atoms with Crippen LogP contribution in [0.4, 0.5) is 0 Å². The molecule has 0 unspecified atom stereocenters. The summed E-state index contributed by atoms with van der Waals surface area (Å²) in [6.07, 6.45) is 14.6. The van der Waals surface area contributed by atoms with Crippen LogP contribution in [0.25, 0.3) is 0 Å². The van der Waals surface area contributed by atoms with Crippen LogP contribution in [0, 0.1) is 0 Å². The molecule has 0 bridgehead atoms. The van der Waals surface area contributed by atoms with Gasteiger partial charge in [0.15, 0.2) is 0 Å². The first-order valence-corrected chi connectivity index (χ1v) is 12.0. The fraction of sp³-hybridized carbons (Fsp3) is 0.591. The third kappa shape index (κ3) is 6.58. The second-order valence-electron chi connectivity index (χ2n) is 7.66. The second kappa shape index (κ2) is 11.5. The lowest BCUT2D eigenvalue weighted by atomic mass is 9.91. The van der Waals surface area contributed by atoms with E-state index >= 15 is 0 Å². The summed E-state index contributed by atoms with van der Waals surface area (Å²) in [5.41, 5.74) is 0. The highest BCUT2D eigenvalue weighted by Crippen LogP contribution is 2.52. The van der Waals surface area contributed by atoms with Gasteiger partial charge in [0.2, 0.25) is 0 Å². The Labute approximate surface area is 169 Å². The first kappa shape index (κ1) is 22.9. The van der Waals surface area contributed by atoms with E-state index in [1.54, 1.807) is 30.3 Å². The van der Waals surface area contributed by atoms with Gasteiger partial charge in [-0.15, -0.1) is 0 Å². The van der Waals surface area contributed by atoms with E-state index in [9.17, 15) is 9.36 Å². The van der Waals surface area contributed by atoms with Crippen LogP contribution in [0.15, 0.2) is 42.2 Å². The molecule has 2 aliphatic rings. The van der Waals surface area contributed by atoms with Crippen molar-refractivity contribution in [3.63, 3.8) is 0 Å². The number of hydrogen-bond acceptors (Lipinski definition) is 4. The Balaban J connectivity index is 0.000000202. The van der Waals surface area contributed by atoms with Crippen molar-refractivity contribution in [3.05, 3.63) is 42.2 Å². The number of carboxylic acids is 1. The van der Waals surface area contributed by atoms with Crippen molar-refractivity contribution in [2.45, 2.75) is 76.3 Å². The molecule has 0 saturated heterocycles. The van der Waals surface area contributed by atoms with Crippen molar-refractivity contribution in [1.29, 1.82) is 0 Å². The summed E-state index contributed by atoms with van der Waals surface area (Å²) in [5, 5.41) is 12.5. The predicted molar refractivity (Wildman–Crippen MR) is 114 cm³/mol. The number of rotatable bonds is 6. The molecule has 0 aromatic heterocycles. The fourth-order valence-electron chi connectivity index (χ4n) is 3.99. The van der Waals surface area contributed by atoms with E-state index in [0.717, 1.165) is 12.1 Å². The Morgan fingerprint density at radius 2 is 1.46 bits per heavy atom. The van der Waals surface area contributed by atoms with E-state index in [0.29, 0.717) is 5.30 Å². The van der Waals surface area contributed by atoms with Crippen LogP contribution in [-0.2, 0) is 13.9 Å². The van der Waals surface area contributed by atoms with Gasteiger partial charge in [-0.2, -0.15) is 0 Å². The summed E-state index contributed by atoms with van der Waals surface area (Å²) < 4.78 is 17.0. The Bertz CT molecular complexity index is 648. The molecule has 2 N–H and O–H groups in total. The smallest absolute Gasteiger partial charge is 0.341 e. The highest BCUT2D eigenvalue weighted by molar-refractivity contribution is 7.72. The maximum Gasteiger partial charge on any atom is 0.341 e. The van der Waals surface area contributed by atoms with Crippen LogP contribution in [0.3, 0.4) is 0 Å². The van der Waals surface area contributed by atoms with Crippen molar-refractivity contribution in [2.24, 2.45) is 0 Å². The molecule has 1 aromatic rings. The van der Waals surface area contributed by atoms with Gasteiger partial charge in [0, 0.05) is 24.5 Å². The van der Waals surface area contributed by atoms with Gasteiger partial charge in [-0.1, -0.05) is 63.3 Å². The fourth-order valence-corrected chi connectivity index (χ4v) is 5.55. The SMILES string of the molecule is C1CCC(NC2CCCCC2)CC1.C=C(C(=O)O)[P@](=O)(OC)c1ccccc1. The molecule has 3 rings (SSSR count). The monoisotopic (exact) mass is 407 g/mol. The standard InChI is InChI=1S/C12H23N.C10H11O4P/c1-3-7-11(8-4-1)13-12-9-5-2-6-10-12;1-8(10(11)12)15(13,14-2)9-6-4-3-5-7-9/h11-13H,1-10H2;3-7H,1H2,2H3,(H,11,12)/t;15-/m.0/s1. The minimum atomic E-state index is -3.49. The molecule has 0 aliphatic heterocycles. The molecule has 2 aliphatic carbocycles. The highest BCUT2D eigenvalue weighted by atomic mass is 31.2. The van der Waals surface area contributed by atoms with E-state index < -0.39 is 18.7 Å². The van der Waals surface area contributed by atoms with E-state index in [2.05, 4.69) is 11.9 Å². The molecule has 1 atom stereocenters. The van der Waals surface area contributed by atoms with Gasteiger partial charge in [0.05, 0.1) is 0 Å². The number of carboxylic acid groups (broad SMARTS) is 1. The molecule has 2 saturated carbocycles. The average Bonchev–Trinajstić information content (AvgIpc) is 2.75. The van der Waals surface area contributed by atoms with Gasteiger partial charge in [-0.3, -0.25) is 4.57 Å². The van der Waals surface area contributed by atoms with Crippen molar-refractivity contribution >= 4 is 18.6 Å².